The summed E-state index contributed by atoms with van der Waals surface area (Å²) in [5.74, 6) is -0.497. The Morgan fingerprint density at radius 3 is 2.74 bits per heavy atom. The Labute approximate surface area is 186 Å². The second kappa shape index (κ2) is 10.4. The molecule has 6 nitrogen and oxygen atoms in total. The lowest BCUT2D eigenvalue weighted by molar-refractivity contribution is 0.0490. The van der Waals surface area contributed by atoms with Gasteiger partial charge in [0, 0.05) is 43.8 Å². The van der Waals surface area contributed by atoms with E-state index in [1.54, 1.807) is 25.3 Å². The lowest BCUT2D eigenvalue weighted by Crippen LogP contribution is -2.36. The van der Waals surface area contributed by atoms with Gasteiger partial charge in [-0.3, -0.25) is 4.79 Å². The van der Waals surface area contributed by atoms with Crippen LogP contribution in [0, 0.1) is 5.82 Å². The second-order valence-corrected chi connectivity index (χ2v) is 8.40. The number of halogens is 2. The molecule has 0 aliphatic carbocycles. The van der Waals surface area contributed by atoms with Gasteiger partial charge in [0.15, 0.2) is 0 Å². The molecular formula is C23H28ClFN2O4. The van der Waals surface area contributed by atoms with E-state index < -0.39 is 11.5 Å². The van der Waals surface area contributed by atoms with Gasteiger partial charge >= 0.3 is 0 Å². The fourth-order valence-corrected chi connectivity index (χ4v) is 4.12. The van der Waals surface area contributed by atoms with Crippen molar-refractivity contribution in [2.45, 2.75) is 31.5 Å². The first kappa shape index (κ1) is 23.5. The quantitative estimate of drug-likeness (QED) is 0.543. The summed E-state index contributed by atoms with van der Waals surface area (Å²) in [6, 6.07) is 9.44. The summed E-state index contributed by atoms with van der Waals surface area (Å²) < 4.78 is 24.0. The highest BCUT2D eigenvalue weighted by molar-refractivity contribution is 6.31. The largest absolute Gasteiger partial charge is 0.493 e. The van der Waals surface area contributed by atoms with Crippen molar-refractivity contribution < 1.29 is 23.8 Å². The Bertz CT molecular complexity index is 909. The number of hydrogen-bond donors (Lipinski definition) is 2. The molecule has 1 aliphatic rings. The number of benzene rings is 2. The highest BCUT2D eigenvalue weighted by atomic mass is 35.5. The number of hydrogen-bond acceptors (Lipinski definition) is 5. The molecule has 8 heteroatoms. The van der Waals surface area contributed by atoms with Crippen molar-refractivity contribution >= 4 is 17.5 Å². The summed E-state index contributed by atoms with van der Waals surface area (Å²) >= 11 is 6.17. The number of likely N-dealkylation sites (tertiary alicyclic amines) is 1. The van der Waals surface area contributed by atoms with E-state index in [0.717, 1.165) is 24.2 Å². The molecule has 2 aromatic carbocycles. The molecule has 3 N–H and O–H groups in total. The molecule has 0 spiro atoms. The third-order valence-electron chi connectivity index (χ3n) is 5.45. The van der Waals surface area contributed by atoms with Crippen molar-refractivity contribution in [3.05, 3.63) is 63.9 Å². The SMILES string of the molecule is COCc1cc(OCCCN2CCC(O)(Cc3ccc(F)cc3)C2)c(C(N)=O)cc1Cl. The number of methoxy groups -OCH3 is 1. The predicted octanol–water partition coefficient (Wildman–Crippen LogP) is 3.17. The number of β-amino-alcohol motifs (C(OH)–C–C–N with tert-alkyl or cyclic N) is 1. The normalized spacial score (nSPS) is 19.0. The molecule has 0 aromatic heterocycles. The topological polar surface area (TPSA) is 85.0 Å². The van der Waals surface area contributed by atoms with E-state index in [0.29, 0.717) is 49.8 Å². The third-order valence-corrected chi connectivity index (χ3v) is 5.80. The number of aliphatic hydroxyl groups is 1. The Balaban J connectivity index is 1.50. The number of carbonyl (C=O) groups is 1. The van der Waals surface area contributed by atoms with Crippen molar-refractivity contribution in [1.82, 2.24) is 4.90 Å². The number of amides is 1. The molecule has 1 saturated heterocycles. The molecule has 1 atom stereocenters. The molecule has 1 unspecified atom stereocenters. The zero-order valence-corrected chi connectivity index (χ0v) is 18.3. The van der Waals surface area contributed by atoms with Crippen molar-refractivity contribution in [2.75, 3.05) is 33.4 Å². The number of ether oxygens (including phenoxy) is 2. The van der Waals surface area contributed by atoms with Crippen molar-refractivity contribution in [3.63, 3.8) is 0 Å². The first-order valence-electron chi connectivity index (χ1n) is 10.2. The maximum Gasteiger partial charge on any atom is 0.252 e. The second-order valence-electron chi connectivity index (χ2n) is 7.99. The lowest BCUT2D eigenvalue weighted by atomic mass is 9.94. The monoisotopic (exact) mass is 450 g/mol. The minimum absolute atomic E-state index is 0.236. The van der Waals surface area contributed by atoms with Gasteiger partial charge in [0.2, 0.25) is 0 Å². The smallest absolute Gasteiger partial charge is 0.252 e. The van der Waals surface area contributed by atoms with Crippen LogP contribution >= 0.6 is 11.6 Å². The van der Waals surface area contributed by atoms with Crippen molar-refractivity contribution in [3.8, 4) is 5.75 Å². The summed E-state index contributed by atoms with van der Waals surface area (Å²) in [6.07, 6.45) is 1.87. The number of nitrogens with two attached hydrogens (primary N) is 1. The fourth-order valence-electron chi connectivity index (χ4n) is 3.90. The van der Waals surface area contributed by atoms with Crippen LogP contribution < -0.4 is 10.5 Å². The molecule has 168 valence electrons. The van der Waals surface area contributed by atoms with Gasteiger partial charge in [0.1, 0.15) is 11.6 Å². The van der Waals surface area contributed by atoms with Gasteiger partial charge in [-0.25, -0.2) is 4.39 Å². The van der Waals surface area contributed by atoms with Crippen molar-refractivity contribution in [1.29, 1.82) is 0 Å². The van der Waals surface area contributed by atoms with Gasteiger partial charge in [-0.15, -0.1) is 0 Å². The summed E-state index contributed by atoms with van der Waals surface area (Å²) in [5.41, 5.74) is 6.50. The Hall–Kier alpha value is -2.19. The van der Waals surface area contributed by atoms with E-state index in [4.69, 9.17) is 26.8 Å². The number of primary amides is 1. The van der Waals surface area contributed by atoms with Gasteiger partial charge in [-0.05, 0) is 42.7 Å². The minimum atomic E-state index is -0.816. The van der Waals surface area contributed by atoms with Gasteiger partial charge in [-0.1, -0.05) is 23.7 Å². The average Bonchev–Trinajstić information content (AvgIpc) is 3.09. The summed E-state index contributed by atoms with van der Waals surface area (Å²) in [6.45, 7) is 2.77. The van der Waals surface area contributed by atoms with Crippen LogP contribution in [-0.4, -0.2) is 54.9 Å². The average molecular weight is 451 g/mol. The summed E-state index contributed by atoms with van der Waals surface area (Å²) in [7, 11) is 1.56. The molecular weight excluding hydrogens is 423 g/mol. The van der Waals surface area contributed by atoms with Crippen LogP contribution in [0.2, 0.25) is 5.02 Å². The van der Waals surface area contributed by atoms with Crippen LogP contribution in [0.1, 0.15) is 34.3 Å². The predicted molar refractivity (Wildman–Crippen MR) is 117 cm³/mol. The van der Waals surface area contributed by atoms with Crippen LogP contribution in [-0.2, 0) is 17.8 Å². The van der Waals surface area contributed by atoms with E-state index in [9.17, 15) is 14.3 Å². The highest BCUT2D eigenvalue weighted by Crippen LogP contribution is 2.28. The van der Waals surface area contributed by atoms with E-state index in [1.807, 2.05) is 0 Å². The molecule has 1 amide bonds. The van der Waals surface area contributed by atoms with Gasteiger partial charge in [0.25, 0.3) is 5.91 Å². The first-order valence-corrected chi connectivity index (χ1v) is 10.6. The number of carbonyl (C=O) groups excluding carboxylic acids is 1. The van der Waals surface area contributed by atoms with E-state index >= 15 is 0 Å². The first-order chi connectivity index (χ1) is 14.8. The van der Waals surface area contributed by atoms with Crippen LogP contribution in [0.3, 0.4) is 0 Å². The maximum absolute atomic E-state index is 13.1. The molecule has 1 fully saturated rings. The zero-order valence-electron chi connectivity index (χ0n) is 17.6. The molecule has 31 heavy (non-hydrogen) atoms. The summed E-state index contributed by atoms with van der Waals surface area (Å²) in [4.78, 5) is 13.9. The fraction of sp³-hybridized carbons (Fsp3) is 0.435. The molecule has 0 saturated carbocycles. The molecule has 2 aromatic rings. The van der Waals surface area contributed by atoms with Crippen LogP contribution in [0.15, 0.2) is 36.4 Å². The molecule has 3 rings (SSSR count). The highest BCUT2D eigenvalue weighted by Gasteiger charge is 2.35. The summed E-state index contributed by atoms with van der Waals surface area (Å²) in [5, 5.41) is 11.3. The van der Waals surface area contributed by atoms with Gasteiger partial charge in [0.05, 0.1) is 24.4 Å². The van der Waals surface area contributed by atoms with Crippen LogP contribution in [0.25, 0.3) is 0 Å². The number of rotatable bonds is 10. The molecule has 0 radical (unpaired) electrons. The Morgan fingerprint density at radius 1 is 1.32 bits per heavy atom. The molecule has 1 heterocycles. The molecule has 0 bridgehead atoms. The van der Waals surface area contributed by atoms with Gasteiger partial charge < -0.3 is 25.2 Å². The Morgan fingerprint density at radius 2 is 2.06 bits per heavy atom. The molecule has 1 aliphatic heterocycles. The standard InChI is InChI=1S/C23H28ClFN2O4/c1-30-14-17-11-21(19(22(26)28)12-20(17)24)31-10-2-8-27-9-7-23(29,15-27)13-16-3-5-18(25)6-4-16/h3-6,11-12,29H,2,7-10,13-15H2,1H3,(H2,26,28). The van der Waals surface area contributed by atoms with E-state index in [-0.39, 0.29) is 11.4 Å². The van der Waals surface area contributed by atoms with Crippen molar-refractivity contribution in [2.24, 2.45) is 5.73 Å². The zero-order chi connectivity index (χ0) is 22.4. The lowest BCUT2D eigenvalue weighted by Gasteiger charge is -2.23. The van der Waals surface area contributed by atoms with Gasteiger partial charge in [-0.2, -0.15) is 0 Å². The van der Waals surface area contributed by atoms with E-state index in [1.165, 1.54) is 18.2 Å². The van der Waals surface area contributed by atoms with Crippen LogP contribution in [0.5, 0.6) is 5.75 Å². The van der Waals surface area contributed by atoms with E-state index in [2.05, 4.69) is 4.90 Å². The maximum atomic E-state index is 13.1. The Kier molecular flexibility index (Phi) is 7.89. The number of nitrogens with zero attached hydrogens (tertiary/aromatic N) is 1. The minimum Gasteiger partial charge on any atom is -0.493 e. The third kappa shape index (κ3) is 6.40. The van der Waals surface area contributed by atoms with Crippen LogP contribution in [0.4, 0.5) is 4.39 Å².